The molecule has 1 aromatic carbocycles. The van der Waals surface area contributed by atoms with Crippen LogP contribution in [0, 0.1) is 0 Å². The van der Waals surface area contributed by atoms with E-state index in [0.29, 0.717) is 6.61 Å². The molecule has 1 aliphatic rings. The van der Waals surface area contributed by atoms with E-state index >= 15 is 0 Å². The van der Waals surface area contributed by atoms with Crippen LogP contribution >= 0.6 is 0 Å². The Morgan fingerprint density at radius 1 is 1.41 bits per heavy atom. The van der Waals surface area contributed by atoms with Gasteiger partial charge in [-0.2, -0.15) is 0 Å². The van der Waals surface area contributed by atoms with E-state index in [9.17, 15) is 4.79 Å². The van der Waals surface area contributed by atoms with E-state index < -0.39 is 5.60 Å². The maximum atomic E-state index is 12.5. The molecule has 0 bridgehead atoms. The van der Waals surface area contributed by atoms with Crippen molar-refractivity contribution in [3.63, 3.8) is 0 Å². The van der Waals surface area contributed by atoms with Gasteiger partial charge in [0.15, 0.2) is 5.78 Å². The van der Waals surface area contributed by atoms with Gasteiger partial charge in [0.2, 0.25) is 0 Å². The van der Waals surface area contributed by atoms with Crippen LogP contribution in [0.4, 0.5) is 0 Å². The molecular formula is C14H15NO2. The van der Waals surface area contributed by atoms with E-state index in [0.717, 1.165) is 29.3 Å². The van der Waals surface area contributed by atoms with Crippen LogP contribution in [0.15, 0.2) is 30.5 Å². The number of Topliss-reactive ketones (excluding diaryl/α,β-unsaturated/α-hetero) is 1. The van der Waals surface area contributed by atoms with Crippen molar-refractivity contribution in [2.45, 2.75) is 25.4 Å². The summed E-state index contributed by atoms with van der Waals surface area (Å²) in [5.74, 6) is 0.0902. The molecule has 1 aromatic heterocycles. The number of aromatic nitrogens is 1. The summed E-state index contributed by atoms with van der Waals surface area (Å²) < 4.78 is 5.61. The highest BCUT2D eigenvalue weighted by Gasteiger charge is 2.38. The van der Waals surface area contributed by atoms with E-state index in [-0.39, 0.29) is 5.78 Å². The largest absolute Gasteiger partial charge is 0.367 e. The molecule has 0 aliphatic carbocycles. The molecular weight excluding hydrogens is 214 g/mol. The summed E-state index contributed by atoms with van der Waals surface area (Å²) in [6.45, 7) is 2.58. The van der Waals surface area contributed by atoms with Gasteiger partial charge in [-0.15, -0.1) is 0 Å². The molecule has 1 aliphatic heterocycles. The van der Waals surface area contributed by atoms with Crippen molar-refractivity contribution in [1.29, 1.82) is 0 Å². The molecule has 88 valence electrons. The lowest BCUT2D eigenvalue weighted by Crippen LogP contribution is -2.34. The van der Waals surface area contributed by atoms with Gasteiger partial charge in [-0.25, -0.2) is 0 Å². The van der Waals surface area contributed by atoms with Crippen LogP contribution in [0.2, 0.25) is 0 Å². The number of rotatable bonds is 2. The molecule has 1 fully saturated rings. The zero-order chi connectivity index (χ0) is 11.9. The van der Waals surface area contributed by atoms with Crippen molar-refractivity contribution < 1.29 is 9.53 Å². The number of hydrogen-bond donors (Lipinski definition) is 1. The standard InChI is InChI=1S/C14H15NO2/c1-14(7-4-8-17-14)13(16)11-9-15-12-6-3-2-5-10(11)12/h2-3,5-6,9,15H,4,7-8H2,1H3. The van der Waals surface area contributed by atoms with Crippen LogP contribution in [0.3, 0.4) is 0 Å². The zero-order valence-electron chi connectivity index (χ0n) is 9.82. The first-order valence-electron chi connectivity index (χ1n) is 5.96. The summed E-state index contributed by atoms with van der Waals surface area (Å²) in [5.41, 5.74) is 1.10. The van der Waals surface area contributed by atoms with Gasteiger partial charge in [-0.05, 0) is 25.8 Å². The minimum Gasteiger partial charge on any atom is -0.367 e. The predicted octanol–water partition coefficient (Wildman–Crippen LogP) is 2.92. The first-order valence-corrected chi connectivity index (χ1v) is 5.96. The minimum absolute atomic E-state index is 0.0902. The molecule has 0 radical (unpaired) electrons. The Morgan fingerprint density at radius 3 is 3.00 bits per heavy atom. The summed E-state index contributed by atoms with van der Waals surface area (Å²) in [5, 5.41) is 0.981. The lowest BCUT2D eigenvalue weighted by atomic mass is 9.92. The van der Waals surface area contributed by atoms with Crippen LogP contribution in [-0.2, 0) is 4.74 Å². The van der Waals surface area contributed by atoms with E-state index in [4.69, 9.17) is 4.74 Å². The van der Waals surface area contributed by atoms with Crippen molar-refractivity contribution >= 4 is 16.7 Å². The van der Waals surface area contributed by atoms with Crippen LogP contribution in [-0.4, -0.2) is 23.0 Å². The monoisotopic (exact) mass is 229 g/mol. The number of H-pyrrole nitrogens is 1. The number of para-hydroxylation sites is 1. The normalized spacial score (nSPS) is 24.3. The third-order valence-corrected chi connectivity index (χ3v) is 3.53. The Morgan fingerprint density at radius 2 is 2.24 bits per heavy atom. The van der Waals surface area contributed by atoms with Crippen molar-refractivity contribution in [1.82, 2.24) is 4.98 Å². The van der Waals surface area contributed by atoms with Crippen LogP contribution in [0.25, 0.3) is 10.9 Å². The van der Waals surface area contributed by atoms with Crippen LogP contribution in [0.5, 0.6) is 0 Å². The maximum absolute atomic E-state index is 12.5. The van der Waals surface area contributed by atoms with Gasteiger partial charge < -0.3 is 9.72 Å². The first-order chi connectivity index (χ1) is 8.21. The Labute approximate surface area is 99.8 Å². The highest BCUT2D eigenvalue weighted by atomic mass is 16.5. The molecule has 0 spiro atoms. The van der Waals surface area contributed by atoms with E-state index in [1.54, 1.807) is 6.20 Å². The van der Waals surface area contributed by atoms with Gasteiger partial charge in [-0.1, -0.05) is 18.2 Å². The topological polar surface area (TPSA) is 42.1 Å². The fourth-order valence-electron chi connectivity index (χ4n) is 2.50. The van der Waals surface area contributed by atoms with Crippen LogP contribution < -0.4 is 0 Å². The second kappa shape index (κ2) is 3.70. The van der Waals surface area contributed by atoms with Gasteiger partial charge in [-0.3, -0.25) is 4.79 Å². The molecule has 1 unspecified atom stereocenters. The highest BCUT2D eigenvalue weighted by molar-refractivity contribution is 6.11. The van der Waals surface area contributed by atoms with Gasteiger partial charge in [0.25, 0.3) is 0 Å². The number of ether oxygens (including phenoxy) is 1. The number of fused-ring (bicyclic) bond motifs is 1. The minimum atomic E-state index is -0.634. The van der Waals surface area contributed by atoms with Crippen molar-refractivity contribution in [3.05, 3.63) is 36.0 Å². The van der Waals surface area contributed by atoms with E-state index in [1.807, 2.05) is 31.2 Å². The molecule has 2 heterocycles. The number of carbonyl (C=O) groups excluding carboxylic acids is 1. The summed E-state index contributed by atoms with van der Waals surface area (Å²) in [6, 6.07) is 7.85. The average Bonchev–Trinajstić information content (AvgIpc) is 2.95. The fraction of sp³-hybridized carbons (Fsp3) is 0.357. The van der Waals surface area contributed by atoms with Crippen molar-refractivity contribution in [2.24, 2.45) is 0 Å². The highest BCUT2D eigenvalue weighted by Crippen LogP contribution is 2.31. The first kappa shape index (κ1) is 10.5. The Balaban J connectivity index is 2.07. The molecule has 2 aromatic rings. The smallest absolute Gasteiger partial charge is 0.196 e. The molecule has 3 rings (SSSR count). The third kappa shape index (κ3) is 1.58. The number of aromatic amines is 1. The summed E-state index contributed by atoms with van der Waals surface area (Å²) in [4.78, 5) is 15.6. The molecule has 17 heavy (non-hydrogen) atoms. The molecule has 3 heteroatoms. The number of nitrogens with one attached hydrogen (secondary N) is 1. The number of hydrogen-bond acceptors (Lipinski definition) is 2. The Kier molecular flexibility index (Phi) is 2.30. The summed E-state index contributed by atoms with van der Waals surface area (Å²) in [7, 11) is 0. The molecule has 1 atom stereocenters. The van der Waals surface area contributed by atoms with Crippen molar-refractivity contribution in [2.75, 3.05) is 6.61 Å². The summed E-state index contributed by atoms with van der Waals surface area (Å²) in [6.07, 6.45) is 3.57. The number of carbonyl (C=O) groups is 1. The second-order valence-corrected chi connectivity index (χ2v) is 4.76. The average molecular weight is 229 g/mol. The van der Waals surface area contributed by atoms with E-state index in [1.165, 1.54) is 0 Å². The Hall–Kier alpha value is -1.61. The predicted molar refractivity (Wildman–Crippen MR) is 66.2 cm³/mol. The molecule has 0 amide bonds. The molecule has 3 nitrogen and oxygen atoms in total. The van der Waals surface area contributed by atoms with Gasteiger partial charge in [0, 0.05) is 29.3 Å². The second-order valence-electron chi connectivity index (χ2n) is 4.76. The number of ketones is 1. The lowest BCUT2D eigenvalue weighted by molar-refractivity contribution is 0.0215. The van der Waals surface area contributed by atoms with Crippen molar-refractivity contribution in [3.8, 4) is 0 Å². The van der Waals surface area contributed by atoms with E-state index in [2.05, 4.69) is 4.98 Å². The number of benzene rings is 1. The van der Waals surface area contributed by atoms with Gasteiger partial charge in [0.05, 0.1) is 0 Å². The fourth-order valence-corrected chi connectivity index (χ4v) is 2.50. The molecule has 0 saturated carbocycles. The zero-order valence-corrected chi connectivity index (χ0v) is 9.82. The Bertz CT molecular complexity index is 564. The SMILES string of the molecule is CC1(C(=O)c2c[nH]c3ccccc23)CCCO1. The van der Waals surface area contributed by atoms with Gasteiger partial charge in [0.1, 0.15) is 5.60 Å². The maximum Gasteiger partial charge on any atom is 0.196 e. The quantitative estimate of drug-likeness (QED) is 0.804. The third-order valence-electron chi connectivity index (χ3n) is 3.53. The molecule has 1 N–H and O–H groups in total. The van der Waals surface area contributed by atoms with Gasteiger partial charge >= 0.3 is 0 Å². The summed E-state index contributed by atoms with van der Waals surface area (Å²) >= 11 is 0. The van der Waals surface area contributed by atoms with Crippen LogP contribution in [0.1, 0.15) is 30.1 Å². The molecule has 1 saturated heterocycles. The lowest BCUT2D eigenvalue weighted by Gasteiger charge is -2.20.